The molecule has 27 heavy (non-hydrogen) atoms. The molecule has 0 spiro atoms. The zero-order valence-electron chi connectivity index (χ0n) is 15.2. The van der Waals surface area contributed by atoms with Gasteiger partial charge in [0, 0.05) is 17.3 Å². The number of aliphatic carboxylic acids is 1. The van der Waals surface area contributed by atoms with Crippen LogP contribution in [0, 0.1) is 0 Å². The number of benzene rings is 2. The fourth-order valence-corrected chi connectivity index (χ4v) is 3.49. The molecule has 2 aromatic carbocycles. The van der Waals surface area contributed by atoms with Gasteiger partial charge in [0.05, 0.1) is 30.1 Å². The quantitative estimate of drug-likeness (QED) is 0.612. The Balaban J connectivity index is 1.78. The molecule has 1 heterocycles. The lowest BCUT2D eigenvalue weighted by atomic mass is 10.0. The lowest BCUT2D eigenvalue weighted by Gasteiger charge is -2.17. The highest BCUT2D eigenvalue weighted by Gasteiger charge is 2.20. The van der Waals surface area contributed by atoms with Crippen molar-refractivity contribution in [2.24, 2.45) is 7.05 Å². The summed E-state index contributed by atoms with van der Waals surface area (Å²) in [4.78, 5) is 24.9. The highest BCUT2D eigenvalue weighted by atomic mass is 32.2. The first kappa shape index (κ1) is 19.0. The van der Waals surface area contributed by atoms with Crippen molar-refractivity contribution in [1.82, 2.24) is 15.1 Å². The molecule has 0 bridgehead atoms. The number of amides is 1. The van der Waals surface area contributed by atoms with E-state index in [0.29, 0.717) is 5.69 Å². The van der Waals surface area contributed by atoms with E-state index in [2.05, 4.69) is 10.4 Å². The molecule has 0 saturated carbocycles. The number of aryl methyl sites for hydroxylation is 1. The maximum atomic E-state index is 12.6. The number of fused-ring (bicyclic) bond motifs is 1. The van der Waals surface area contributed by atoms with E-state index < -0.39 is 12.0 Å². The lowest BCUT2D eigenvalue weighted by Crippen LogP contribution is -2.31. The van der Waals surface area contributed by atoms with Crippen molar-refractivity contribution < 1.29 is 14.7 Å². The van der Waals surface area contributed by atoms with Crippen LogP contribution in [0.15, 0.2) is 53.4 Å². The van der Waals surface area contributed by atoms with Crippen LogP contribution in [0.2, 0.25) is 0 Å². The van der Waals surface area contributed by atoms with Gasteiger partial charge in [-0.3, -0.25) is 14.3 Å². The topological polar surface area (TPSA) is 84.2 Å². The third-order valence-electron chi connectivity index (χ3n) is 4.39. The summed E-state index contributed by atoms with van der Waals surface area (Å²) in [5, 5.41) is 17.4. The van der Waals surface area contributed by atoms with Crippen molar-refractivity contribution in [2.45, 2.75) is 23.8 Å². The highest BCUT2D eigenvalue weighted by Crippen LogP contribution is 2.22. The fraction of sp³-hybridized carbons (Fsp3) is 0.250. The van der Waals surface area contributed by atoms with Gasteiger partial charge in [-0.1, -0.05) is 30.3 Å². The average Bonchev–Trinajstić information content (AvgIpc) is 2.97. The maximum Gasteiger partial charge on any atom is 0.305 e. The van der Waals surface area contributed by atoms with Gasteiger partial charge in [0.1, 0.15) is 0 Å². The number of carboxylic acid groups (broad SMARTS) is 1. The molecule has 2 N–H and O–H groups in total. The summed E-state index contributed by atoms with van der Waals surface area (Å²) in [6.07, 6.45) is 1.90. The van der Waals surface area contributed by atoms with Crippen molar-refractivity contribution in [2.75, 3.05) is 6.26 Å². The van der Waals surface area contributed by atoms with Crippen molar-refractivity contribution in [3.05, 3.63) is 59.8 Å². The third-order valence-corrected chi connectivity index (χ3v) is 5.14. The van der Waals surface area contributed by atoms with E-state index in [1.807, 2.05) is 61.8 Å². The second-order valence-corrected chi connectivity index (χ2v) is 7.14. The van der Waals surface area contributed by atoms with E-state index in [-0.39, 0.29) is 18.7 Å². The number of aromatic nitrogens is 2. The van der Waals surface area contributed by atoms with E-state index >= 15 is 0 Å². The van der Waals surface area contributed by atoms with Crippen LogP contribution in [0.3, 0.4) is 0 Å². The SMILES string of the molecule is CSc1ccc(C(CC(=O)O)NC(=O)Cc2nn(C)c3ccccc23)cc1. The van der Waals surface area contributed by atoms with Crippen molar-refractivity contribution in [1.29, 1.82) is 0 Å². The summed E-state index contributed by atoms with van der Waals surface area (Å²) in [6, 6.07) is 14.7. The van der Waals surface area contributed by atoms with Crippen molar-refractivity contribution in [3.63, 3.8) is 0 Å². The Morgan fingerprint density at radius 1 is 1.19 bits per heavy atom. The number of para-hydroxylation sites is 1. The second-order valence-electron chi connectivity index (χ2n) is 6.26. The van der Waals surface area contributed by atoms with Crippen LogP contribution in [-0.2, 0) is 23.1 Å². The zero-order valence-corrected chi connectivity index (χ0v) is 16.0. The minimum atomic E-state index is -0.961. The predicted octanol–water partition coefficient (Wildman–Crippen LogP) is 3.17. The van der Waals surface area contributed by atoms with E-state index in [4.69, 9.17) is 0 Å². The van der Waals surface area contributed by atoms with Gasteiger partial charge >= 0.3 is 5.97 Å². The molecule has 0 aliphatic heterocycles. The number of nitrogens with zero attached hydrogens (tertiary/aromatic N) is 2. The summed E-state index contributed by atoms with van der Waals surface area (Å²) in [6.45, 7) is 0. The van der Waals surface area contributed by atoms with Gasteiger partial charge < -0.3 is 10.4 Å². The van der Waals surface area contributed by atoms with Crippen LogP contribution >= 0.6 is 11.8 Å². The molecular weight excluding hydrogens is 362 g/mol. The van der Waals surface area contributed by atoms with Crippen molar-refractivity contribution in [3.8, 4) is 0 Å². The molecule has 3 aromatic rings. The Morgan fingerprint density at radius 3 is 2.56 bits per heavy atom. The van der Waals surface area contributed by atoms with Gasteiger partial charge in [0.2, 0.25) is 5.91 Å². The van der Waals surface area contributed by atoms with Gasteiger partial charge in [-0.2, -0.15) is 5.10 Å². The molecule has 7 heteroatoms. The molecule has 1 amide bonds. The molecule has 1 unspecified atom stereocenters. The van der Waals surface area contributed by atoms with Crippen LogP contribution in [0.1, 0.15) is 23.7 Å². The Labute approximate surface area is 161 Å². The molecule has 0 aliphatic rings. The third kappa shape index (κ3) is 4.49. The number of carbonyl (C=O) groups excluding carboxylic acids is 1. The van der Waals surface area contributed by atoms with E-state index in [1.165, 1.54) is 0 Å². The average molecular weight is 383 g/mol. The van der Waals surface area contributed by atoms with Gasteiger partial charge in [-0.05, 0) is 30.0 Å². The Kier molecular flexibility index (Phi) is 5.81. The van der Waals surface area contributed by atoms with Gasteiger partial charge in [-0.25, -0.2) is 0 Å². The normalized spacial score (nSPS) is 12.1. The minimum absolute atomic E-state index is 0.0976. The molecule has 3 rings (SSSR count). The summed E-state index contributed by atoms with van der Waals surface area (Å²) in [5.74, 6) is -1.21. The molecular formula is C20H21N3O3S. The molecule has 0 saturated heterocycles. The molecule has 1 atom stereocenters. The number of hydrogen-bond acceptors (Lipinski definition) is 4. The number of nitrogens with one attached hydrogen (secondary N) is 1. The number of rotatable bonds is 7. The summed E-state index contributed by atoms with van der Waals surface area (Å²) < 4.78 is 1.74. The lowest BCUT2D eigenvalue weighted by molar-refractivity contribution is -0.137. The molecule has 0 aliphatic carbocycles. The first-order valence-electron chi connectivity index (χ1n) is 8.53. The zero-order chi connectivity index (χ0) is 19.4. The Bertz CT molecular complexity index is 966. The number of carbonyl (C=O) groups is 2. The van der Waals surface area contributed by atoms with Crippen LogP contribution in [-0.4, -0.2) is 33.0 Å². The summed E-state index contributed by atoms with van der Waals surface area (Å²) in [5.41, 5.74) is 2.40. The van der Waals surface area contributed by atoms with E-state index in [1.54, 1.807) is 16.4 Å². The van der Waals surface area contributed by atoms with E-state index in [0.717, 1.165) is 21.4 Å². The largest absolute Gasteiger partial charge is 0.481 e. The molecule has 140 valence electrons. The summed E-state index contributed by atoms with van der Waals surface area (Å²) >= 11 is 1.61. The fourth-order valence-electron chi connectivity index (χ4n) is 3.08. The number of carboxylic acids is 1. The Hall–Kier alpha value is -2.80. The highest BCUT2D eigenvalue weighted by molar-refractivity contribution is 7.98. The first-order valence-corrected chi connectivity index (χ1v) is 9.76. The van der Waals surface area contributed by atoms with Crippen molar-refractivity contribution >= 4 is 34.5 Å². The van der Waals surface area contributed by atoms with Crippen LogP contribution in [0.25, 0.3) is 10.9 Å². The standard InChI is InChI=1S/C20H21N3O3S/c1-23-18-6-4-3-5-15(18)17(22-23)11-19(24)21-16(12-20(25)26)13-7-9-14(27-2)10-8-13/h3-10,16H,11-12H2,1-2H3,(H,21,24)(H,25,26). The second kappa shape index (κ2) is 8.26. The molecule has 6 nitrogen and oxygen atoms in total. The van der Waals surface area contributed by atoms with Gasteiger partial charge in [0.25, 0.3) is 0 Å². The van der Waals surface area contributed by atoms with Crippen LogP contribution < -0.4 is 5.32 Å². The van der Waals surface area contributed by atoms with Gasteiger partial charge in [-0.15, -0.1) is 11.8 Å². The van der Waals surface area contributed by atoms with Crippen LogP contribution in [0.5, 0.6) is 0 Å². The minimum Gasteiger partial charge on any atom is -0.481 e. The first-order chi connectivity index (χ1) is 13.0. The monoisotopic (exact) mass is 383 g/mol. The molecule has 1 aromatic heterocycles. The maximum absolute atomic E-state index is 12.6. The Morgan fingerprint density at radius 2 is 1.89 bits per heavy atom. The van der Waals surface area contributed by atoms with Crippen LogP contribution in [0.4, 0.5) is 0 Å². The predicted molar refractivity (Wildman–Crippen MR) is 106 cm³/mol. The molecule has 0 fully saturated rings. The number of hydrogen-bond donors (Lipinski definition) is 2. The number of thioether (sulfide) groups is 1. The molecule has 0 radical (unpaired) electrons. The van der Waals surface area contributed by atoms with Gasteiger partial charge in [0.15, 0.2) is 0 Å². The smallest absolute Gasteiger partial charge is 0.305 e. The summed E-state index contributed by atoms with van der Waals surface area (Å²) in [7, 11) is 1.84. The van der Waals surface area contributed by atoms with E-state index in [9.17, 15) is 14.7 Å².